The van der Waals surface area contributed by atoms with Crippen LogP contribution in [0.25, 0.3) is 22.4 Å². The summed E-state index contributed by atoms with van der Waals surface area (Å²) >= 11 is 5.88. The summed E-state index contributed by atoms with van der Waals surface area (Å²) in [5.41, 5.74) is 1.68. The van der Waals surface area contributed by atoms with E-state index in [2.05, 4.69) is 4.98 Å². The third-order valence-electron chi connectivity index (χ3n) is 3.78. The monoisotopic (exact) mass is 302 g/mol. The van der Waals surface area contributed by atoms with Crippen LogP contribution in [-0.2, 0) is 0 Å². The number of imidazole rings is 1. The van der Waals surface area contributed by atoms with Crippen LogP contribution in [0.5, 0.6) is 5.75 Å². The normalized spacial score (nSPS) is 14.8. The molecule has 21 heavy (non-hydrogen) atoms. The van der Waals surface area contributed by atoms with Gasteiger partial charge >= 0.3 is 0 Å². The zero-order chi connectivity index (χ0) is 14.6. The van der Waals surface area contributed by atoms with E-state index < -0.39 is 0 Å². The van der Waals surface area contributed by atoms with Crippen LogP contribution in [0.1, 0.15) is 18.9 Å². The third kappa shape index (κ3) is 1.98. The first-order valence-electron chi connectivity index (χ1n) is 6.80. The number of rotatable bonds is 2. The standard InChI is InChI=1S/C16H12ClFN2O/c17-9-4-7-11(14(21)8-9)16-19-15-12(18)2-1-3-13(15)20(16)10-5-6-10/h1-4,7-8,10,21H,5-6H2. The van der Waals surface area contributed by atoms with Gasteiger partial charge in [0.2, 0.25) is 0 Å². The predicted molar refractivity (Wildman–Crippen MR) is 80.1 cm³/mol. The lowest BCUT2D eigenvalue weighted by atomic mass is 10.2. The first kappa shape index (κ1) is 12.7. The Balaban J connectivity index is 2.03. The minimum Gasteiger partial charge on any atom is -0.507 e. The molecule has 1 fully saturated rings. The van der Waals surface area contributed by atoms with Gasteiger partial charge in [-0.25, -0.2) is 9.37 Å². The molecule has 0 unspecified atom stereocenters. The maximum absolute atomic E-state index is 14.0. The molecule has 0 atom stereocenters. The van der Waals surface area contributed by atoms with Crippen molar-refractivity contribution in [3.63, 3.8) is 0 Å². The second-order valence-electron chi connectivity index (χ2n) is 5.31. The molecule has 1 aliphatic rings. The van der Waals surface area contributed by atoms with Crippen LogP contribution in [0.4, 0.5) is 4.39 Å². The third-order valence-corrected chi connectivity index (χ3v) is 4.02. The van der Waals surface area contributed by atoms with Crippen molar-refractivity contribution in [3.8, 4) is 17.1 Å². The lowest BCUT2D eigenvalue weighted by Crippen LogP contribution is -1.97. The number of aromatic nitrogens is 2. The lowest BCUT2D eigenvalue weighted by molar-refractivity contribution is 0.476. The first-order chi connectivity index (χ1) is 10.1. The highest BCUT2D eigenvalue weighted by Crippen LogP contribution is 2.43. The number of phenolic OH excluding ortho intramolecular Hbond substituents is 1. The second kappa shape index (κ2) is 4.46. The molecule has 0 bridgehead atoms. The number of hydrogen-bond donors (Lipinski definition) is 1. The Morgan fingerprint density at radius 1 is 1.24 bits per heavy atom. The molecule has 4 rings (SSSR count). The van der Waals surface area contributed by atoms with Crippen LogP contribution in [-0.4, -0.2) is 14.7 Å². The number of nitrogens with zero attached hydrogens (tertiary/aromatic N) is 2. The minimum absolute atomic E-state index is 0.0557. The van der Waals surface area contributed by atoms with E-state index in [1.807, 2.05) is 10.6 Å². The van der Waals surface area contributed by atoms with E-state index in [9.17, 15) is 9.50 Å². The Bertz CT molecular complexity index is 855. The Morgan fingerprint density at radius 2 is 2.05 bits per heavy atom. The first-order valence-corrected chi connectivity index (χ1v) is 7.18. The number of benzene rings is 2. The number of aromatic hydroxyl groups is 1. The molecule has 1 saturated carbocycles. The number of fused-ring (bicyclic) bond motifs is 1. The van der Waals surface area contributed by atoms with Crippen molar-refractivity contribution in [2.45, 2.75) is 18.9 Å². The van der Waals surface area contributed by atoms with Crippen molar-refractivity contribution in [2.24, 2.45) is 0 Å². The Labute approximate surface area is 125 Å². The number of phenols is 1. The highest BCUT2D eigenvalue weighted by molar-refractivity contribution is 6.30. The molecule has 1 aromatic heterocycles. The average molecular weight is 303 g/mol. The van der Waals surface area contributed by atoms with Crippen LogP contribution >= 0.6 is 11.6 Å². The van der Waals surface area contributed by atoms with Crippen molar-refractivity contribution in [3.05, 3.63) is 47.2 Å². The summed E-state index contributed by atoms with van der Waals surface area (Å²) in [6.07, 6.45) is 2.09. The lowest BCUT2D eigenvalue weighted by Gasteiger charge is -2.09. The van der Waals surface area contributed by atoms with E-state index in [0.29, 0.717) is 28.0 Å². The fourth-order valence-electron chi connectivity index (χ4n) is 2.67. The minimum atomic E-state index is -0.346. The van der Waals surface area contributed by atoms with E-state index in [1.165, 1.54) is 12.1 Å². The largest absolute Gasteiger partial charge is 0.507 e. The Kier molecular flexibility index (Phi) is 2.69. The molecular formula is C16H12ClFN2O. The van der Waals surface area contributed by atoms with Crippen molar-refractivity contribution in [2.75, 3.05) is 0 Å². The molecule has 0 spiro atoms. The summed E-state index contributed by atoms with van der Waals surface area (Å²) in [6.45, 7) is 0. The summed E-state index contributed by atoms with van der Waals surface area (Å²) < 4.78 is 16.0. The highest BCUT2D eigenvalue weighted by atomic mass is 35.5. The molecule has 106 valence electrons. The van der Waals surface area contributed by atoms with Gasteiger partial charge < -0.3 is 9.67 Å². The smallest absolute Gasteiger partial charge is 0.151 e. The zero-order valence-electron chi connectivity index (χ0n) is 11.1. The SMILES string of the molecule is Oc1cc(Cl)ccc1-c1nc2c(F)cccc2n1C1CC1. The van der Waals surface area contributed by atoms with Crippen LogP contribution < -0.4 is 0 Å². The van der Waals surface area contributed by atoms with Crippen molar-refractivity contribution in [1.82, 2.24) is 9.55 Å². The van der Waals surface area contributed by atoms with Crippen LogP contribution in [0.3, 0.4) is 0 Å². The van der Waals surface area contributed by atoms with Crippen LogP contribution in [0.15, 0.2) is 36.4 Å². The van der Waals surface area contributed by atoms with E-state index in [1.54, 1.807) is 18.2 Å². The molecular weight excluding hydrogens is 291 g/mol. The maximum Gasteiger partial charge on any atom is 0.151 e. The van der Waals surface area contributed by atoms with Crippen molar-refractivity contribution >= 4 is 22.6 Å². The maximum atomic E-state index is 14.0. The topological polar surface area (TPSA) is 38.1 Å². The van der Waals surface area contributed by atoms with Gasteiger partial charge in [0.15, 0.2) is 5.82 Å². The van der Waals surface area contributed by atoms with Gasteiger partial charge in [0, 0.05) is 11.1 Å². The van der Waals surface area contributed by atoms with Crippen LogP contribution in [0, 0.1) is 5.82 Å². The van der Waals surface area contributed by atoms with Gasteiger partial charge in [0.1, 0.15) is 17.1 Å². The molecule has 0 saturated heterocycles. The van der Waals surface area contributed by atoms with Gasteiger partial charge in [0.25, 0.3) is 0 Å². The average Bonchev–Trinajstić information content (AvgIpc) is 3.20. The summed E-state index contributed by atoms with van der Waals surface area (Å²) in [5, 5.41) is 10.6. The number of hydrogen-bond acceptors (Lipinski definition) is 2. The van der Waals surface area contributed by atoms with Gasteiger partial charge in [-0.3, -0.25) is 0 Å². The molecule has 2 aromatic carbocycles. The summed E-state index contributed by atoms with van der Waals surface area (Å²) in [7, 11) is 0. The van der Waals surface area contributed by atoms with Gasteiger partial charge in [-0.2, -0.15) is 0 Å². The molecule has 3 aromatic rings. The molecule has 1 N–H and O–H groups in total. The predicted octanol–water partition coefficient (Wildman–Crippen LogP) is 4.54. The fourth-order valence-corrected chi connectivity index (χ4v) is 2.84. The molecule has 0 radical (unpaired) electrons. The van der Waals surface area contributed by atoms with E-state index >= 15 is 0 Å². The van der Waals surface area contributed by atoms with Crippen molar-refractivity contribution in [1.29, 1.82) is 0 Å². The highest BCUT2D eigenvalue weighted by Gasteiger charge is 2.30. The Morgan fingerprint density at radius 3 is 2.76 bits per heavy atom. The van der Waals surface area contributed by atoms with Gasteiger partial charge in [-0.15, -0.1) is 0 Å². The van der Waals surface area contributed by atoms with Gasteiger partial charge in [0.05, 0.1) is 11.1 Å². The van der Waals surface area contributed by atoms with Crippen LogP contribution in [0.2, 0.25) is 5.02 Å². The molecule has 3 nitrogen and oxygen atoms in total. The molecule has 5 heteroatoms. The summed E-state index contributed by atoms with van der Waals surface area (Å²) in [5.74, 6) is 0.300. The van der Waals surface area contributed by atoms with E-state index in [-0.39, 0.29) is 11.6 Å². The van der Waals surface area contributed by atoms with Crippen molar-refractivity contribution < 1.29 is 9.50 Å². The fraction of sp³-hybridized carbons (Fsp3) is 0.188. The summed E-state index contributed by atoms with van der Waals surface area (Å²) in [6, 6.07) is 10.2. The number of para-hydroxylation sites is 1. The second-order valence-corrected chi connectivity index (χ2v) is 5.74. The Hall–Kier alpha value is -2.07. The number of halogens is 2. The molecule has 0 aliphatic heterocycles. The van der Waals surface area contributed by atoms with E-state index in [0.717, 1.165) is 18.4 Å². The van der Waals surface area contributed by atoms with Gasteiger partial charge in [-0.05, 0) is 43.2 Å². The molecule has 1 aliphatic carbocycles. The van der Waals surface area contributed by atoms with E-state index in [4.69, 9.17) is 11.6 Å². The quantitative estimate of drug-likeness (QED) is 0.755. The molecule has 1 heterocycles. The summed E-state index contributed by atoms with van der Waals surface area (Å²) in [4.78, 5) is 4.42. The molecule has 0 amide bonds. The zero-order valence-corrected chi connectivity index (χ0v) is 11.8. The van der Waals surface area contributed by atoms with Gasteiger partial charge in [-0.1, -0.05) is 17.7 Å².